The molecule has 1 aromatic carbocycles. The lowest BCUT2D eigenvalue weighted by atomic mass is 9.97. The van der Waals surface area contributed by atoms with Crippen molar-refractivity contribution in [2.75, 3.05) is 20.7 Å². The molecule has 1 aliphatic rings. The molecule has 0 radical (unpaired) electrons. The van der Waals surface area contributed by atoms with E-state index in [-0.39, 0.29) is 31.1 Å². The first kappa shape index (κ1) is 24.3. The maximum atomic E-state index is 13.1. The maximum Gasteiger partial charge on any atom is 0.328 e. The topological polar surface area (TPSA) is 126 Å². The molecule has 1 aromatic rings. The molecule has 0 unspecified atom stereocenters. The SMILES string of the molecule is CNC(=O)CC[C@H](NC(=O)[C@H](Cc1ccccc1)NC(=O)[C@]1(C)CCCN1)C(=O)OC. The van der Waals surface area contributed by atoms with E-state index in [1.165, 1.54) is 14.2 Å². The van der Waals surface area contributed by atoms with Crippen LogP contribution in [0.25, 0.3) is 0 Å². The number of hydrogen-bond acceptors (Lipinski definition) is 6. The summed E-state index contributed by atoms with van der Waals surface area (Å²) in [6.07, 6.45) is 1.95. The summed E-state index contributed by atoms with van der Waals surface area (Å²) in [5.74, 6) is -1.67. The zero-order chi connectivity index (χ0) is 22.9. The van der Waals surface area contributed by atoms with Gasteiger partial charge < -0.3 is 26.0 Å². The third kappa shape index (κ3) is 7.06. The molecular weight excluding hydrogens is 400 g/mol. The van der Waals surface area contributed by atoms with Gasteiger partial charge in [-0.3, -0.25) is 14.4 Å². The number of esters is 1. The fraction of sp³-hybridized carbons (Fsp3) is 0.545. The zero-order valence-corrected chi connectivity index (χ0v) is 18.3. The van der Waals surface area contributed by atoms with Crippen LogP contribution in [0.5, 0.6) is 0 Å². The first-order valence-corrected chi connectivity index (χ1v) is 10.5. The Morgan fingerprint density at radius 3 is 2.42 bits per heavy atom. The molecule has 1 heterocycles. The van der Waals surface area contributed by atoms with E-state index in [2.05, 4.69) is 21.3 Å². The summed E-state index contributed by atoms with van der Waals surface area (Å²) in [5, 5.41) is 11.2. The molecule has 0 aliphatic carbocycles. The van der Waals surface area contributed by atoms with Crippen LogP contribution in [0.3, 0.4) is 0 Å². The van der Waals surface area contributed by atoms with Crippen molar-refractivity contribution in [1.29, 1.82) is 0 Å². The van der Waals surface area contributed by atoms with Crippen molar-refractivity contribution >= 4 is 23.7 Å². The van der Waals surface area contributed by atoms with Crippen molar-refractivity contribution in [2.45, 2.75) is 56.7 Å². The molecule has 0 bridgehead atoms. The van der Waals surface area contributed by atoms with Crippen molar-refractivity contribution in [3.8, 4) is 0 Å². The Balaban J connectivity index is 2.15. The molecule has 3 amide bonds. The van der Waals surface area contributed by atoms with Gasteiger partial charge in [0.1, 0.15) is 12.1 Å². The lowest BCUT2D eigenvalue weighted by molar-refractivity contribution is -0.145. The lowest BCUT2D eigenvalue weighted by Gasteiger charge is -2.28. The number of carbonyl (C=O) groups excluding carboxylic acids is 4. The minimum Gasteiger partial charge on any atom is -0.467 e. The van der Waals surface area contributed by atoms with Gasteiger partial charge in [-0.05, 0) is 38.3 Å². The molecule has 1 aliphatic heterocycles. The van der Waals surface area contributed by atoms with Gasteiger partial charge in [-0.15, -0.1) is 0 Å². The Labute approximate surface area is 182 Å². The largest absolute Gasteiger partial charge is 0.467 e. The zero-order valence-electron chi connectivity index (χ0n) is 18.3. The normalized spacial score (nSPS) is 19.7. The summed E-state index contributed by atoms with van der Waals surface area (Å²) < 4.78 is 4.77. The van der Waals surface area contributed by atoms with Crippen LogP contribution >= 0.6 is 0 Å². The Bertz CT molecular complexity index is 777. The van der Waals surface area contributed by atoms with Crippen molar-refractivity contribution in [1.82, 2.24) is 21.3 Å². The molecule has 3 atom stereocenters. The number of benzene rings is 1. The van der Waals surface area contributed by atoms with Gasteiger partial charge in [0.25, 0.3) is 0 Å². The molecule has 2 rings (SSSR count). The van der Waals surface area contributed by atoms with E-state index in [1.54, 1.807) is 0 Å². The van der Waals surface area contributed by atoms with E-state index < -0.39 is 29.5 Å². The molecule has 1 fully saturated rings. The van der Waals surface area contributed by atoms with E-state index in [0.29, 0.717) is 6.42 Å². The van der Waals surface area contributed by atoms with Crippen LogP contribution in [0.1, 0.15) is 38.2 Å². The van der Waals surface area contributed by atoms with Crippen molar-refractivity contribution in [3.05, 3.63) is 35.9 Å². The third-order valence-corrected chi connectivity index (χ3v) is 5.52. The molecule has 1 saturated heterocycles. The van der Waals surface area contributed by atoms with Crippen LogP contribution in [0.4, 0.5) is 0 Å². The summed E-state index contributed by atoms with van der Waals surface area (Å²) in [4.78, 5) is 49.7. The van der Waals surface area contributed by atoms with Gasteiger partial charge in [-0.2, -0.15) is 0 Å². The summed E-state index contributed by atoms with van der Waals surface area (Å²) in [5.41, 5.74) is 0.128. The summed E-state index contributed by atoms with van der Waals surface area (Å²) in [6.45, 7) is 2.55. The van der Waals surface area contributed by atoms with Gasteiger partial charge >= 0.3 is 5.97 Å². The highest BCUT2D eigenvalue weighted by molar-refractivity contribution is 5.94. The monoisotopic (exact) mass is 432 g/mol. The first-order chi connectivity index (χ1) is 14.8. The van der Waals surface area contributed by atoms with Crippen molar-refractivity contribution in [3.63, 3.8) is 0 Å². The molecule has 170 valence electrons. The fourth-order valence-electron chi connectivity index (χ4n) is 3.53. The first-order valence-electron chi connectivity index (χ1n) is 10.5. The number of rotatable bonds is 10. The van der Waals surface area contributed by atoms with Crippen LogP contribution in [0.2, 0.25) is 0 Å². The standard InChI is InChI=1S/C22H32N4O5/c1-22(12-7-13-24-22)21(30)26-17(14-15-8-5-4-6-9-15)19(28)25-16(20(29)31-3)10-11-18(27)23-2/h4-6,8-9,16-17,24H,7,10-14H2,1-3H3,(H,23,27)(H,25,28)(H,26,30)/t16-,17-,22-/m0/s1. The smallest absolute Gasteiger partial charge is 0.328 e. The maximum absolute atomic E-state index is 13.1. The molecule has 0 aromatic heterocycles. The van der Waals surface area contributed by atoms with Gasteiger partial charge in [-0.25, -0.2) is 4.79 Å². The Morgan fingerprint density at radius 2 is 1.84 bits per heavy atom. The van der Waals surface area contributed by atoms with E-state index in [9.17, 15) is 19.2 Å². The average Bonchev–Trinajstić information content (AvgIpc) is 3.23. The second kappa shape index (κ2) is 11.5. The van der Waals surface area contributed by atoms with Crippen LogP contribution < -0.4 is 21.3 Å². The molecule has 4 N–H and O–H groups in total. The van der Waals surface area contributed by atoms with E-state index in [4.69, 9.17) is 4.74 Å². The molecule has 9 nitrogen and oxygen atoms in total. The third-order valence-electron chi connectivity index (χ3n) is 5.52. The van der Waals surface area contributed by atoms with E-state index in [0.717, 1.165) is 18.5 Å². The van der Waals surface area contributed by atoms with E-state index >= 15 is 0 Å². The number of ether oxygens (including phenoxy) is 1. The fourth-order valence-corrected chi connectivity index (χ4v) is 3.53. The number of methoxy groups -OCH3 is 1. The van der Waals surface area contributed by atoms with Crippen LogP contribution in [0, 0.1) is 0 Å². The minimum absolute atomic E-state index is 0.0499. The molecule has 0 saturated carbocycles. The van der Waals surface area contributed by atoms with Crippen LogP contribution in [0.15, 0.2) is 30.3 Å². The van der Waals surface area contributed by atoms with E-state index in [1.807, 2.05) is 37.3 Å². The number of nitrogens with one attached hydrogen (secondary N) is 4. The highest BCUT2D eigenvalue weighted by atomic mass is 16.5. The Morgan fingerprint density at radius 1 is 1.13 bits per heavy atom. The molecule has 0 spiro atoms. The van der Waals surface area contributed by atoms with Gasteiger partial charge in [0.05, 0.1) is 12.6 Å². The number of hydrogen-bond donors (Lipinski definition) is 4. The Hall–Kier alpha value is -2.94. The predicted molar refractivity (Wildman–Crippen MR) is 115 cm³/mol. The number of amides is 3. The molecular formula is C22H32N4O5. The van der Waals surface area contributed by atoms with Crippen LogP contribution in [-0.4, -0.2) is 62.0 Å². The lowest BCUT2D eigenvalue weighted by Crippen LogP contribution is -2.58. The highest BCUT2D eigenvalue weighted by Gasteiger charge is 2.38. The highest BCUT2D eigenvalue weighted by Crippen LogP contribution is 2.19. The van der Waals surface area contributed by atoms with Gasteiger partial charge in [-0.1, -0.05) is 30.3 Å². The summed E-state index contributed by atoms with van der Waals surface area (Å²) in [7, 11) is 2.72. The van der Waals surface area contributed by atoms with Crippen molar-refractivity contribution in [2.24, 2.45) is 0 Å². The second-order valence-electron chi connectivity index (χ2n) is 7.87. The van der Waals surface area contributed by atoms with Crippen LogP contribution in [-0.2, 0) is 30.3 Å². The second-order valence-corrected chi connectivity index (χ2v) is 7.87. The quantitative estimate of drug-likeness (QED) is 0.387. The van der Waals surface area contributed by atoms with Crippen molar-refractivity contribution < 1.29 is 23.9 Å². The van der Waals surface area contributed by atoms with Gasteiger partial charge in [0.15, 0.2) is 0 Å². The average molecular weight is 433 g/mol. The minimum atomic E-state index is -0.995. The molecule has 9 heteroatoms. The Kier molecular flexibility index (Phi) is 8.99. The summed E-state index contributed by atoms with van der Waals surface area (Å²) in [6, 6.07) is 7.43. The predicted octanol–water partition coefficient (Wildman–Crippen LogP) is 0.0400. The van der Waals surface area contributed by atoms with Gasteiger partial charge in [0, 0.05) is 19.9 Å². The summed E-state index contributed by atoms with van der Waals surface area (Å²) >= 11 is 0. The van der Waals surface area contributed by atoms with Gasteiger partial charge in [0.2, 0.25) is 17.7 Å². The molecule has 31 heavy (non-hydrogen) atoms. The number of carbonyl (C=O) groups is 4.